The average Bonchev–Trinajstić information content (AvgIpc) is 2.58. The highest BCUT2D eigenvalue weighted by molar-refractivity contribution is 5.40. The molecule has 25 heavy (non-hydrogen) atoms. The maximum Gasteiger partial charge on any atom is 0.0628 e. The van der Waals surface area contributed by atoms with E-state index in [0.29, 0.717) is 6.10 Å². The lowest BCUT2D eigenvalue weighted by Gasteiger charge is -2.68. The average molecular weight is 343 g/mol. The van der Waals surface area contributed by atoms with Crippen LogP contribution in [0.4, 0.5) is 0 Å². The van der Waals surface area contributed by atoms with Crippen LogP contribution >= 0.6 is 0 Å². The quantitative estimate of drug-likeness (QED) is 0.409. The molecule has 2 saturated carbocycles. The molecule has 4 unspecified atom stereocenters. The molecule has 3 aliphatic rings. The molecule has 0 aliphatic heterocycles. The SMILES string of the molecule is CCCC#CC12CCCC=C1C1(C)CCC(OC)C(C)(C)C1(C)CC2. The van der Waals surface area contributed by atoms with Crippen molar-refractivity contribution in [2.24, 2.45) is 21.7 Å². The first-order chi connectivity index (χ1) is 11.8. The van der Waals surface area contributed by atoms with E-state index in [1.54, 1.807) is 5.57 Å². The summed E-state index contributed by atoms with van der Waals surface area (Å²) in [7, 11) is 1.90. The van der Waals surface area contributed by atoms with Gasteiger partial charge < -0.3 is 4.74 Å². The highest BCUT2D eigenvalue weighted by Crippen LogP contribution is 2.72. The van der Waals surface area contributed by atoms with E-state index in [4.69, 9.17) is 4.74 Å². The lowest BCUT2D eigenvalue weighted by Crippen LogP contribution is -2.62. The fraction of sp³-hybridized carbons (Fsp3) is 0.833. The summed E-state index contributed by atoms with van der Waals surface area (Å²) in [5.41, 5.74) is 2.59. The molecular formula is C24H38O. The minimum atomic E-state index is 0.164. The summed E-state index contributed by atoms with van der Waals surface area (Å²) in [6, 6.07) is 0. The van der Waals surface area contributed by atoms with Gasteiger partial charge in [-0.05, 0) is 73.2 Å². The Morgan fingerprint density at radius 3 is 2.56 bits per heavy atom. The molecule has 0 radical (unpaired) electrons. The minimum Gasteiger partial charge on any atom is -0.381 e. The van der Waals surface area contributed by atoms with E-state index in [-0.39, 0.29) is 21.7 Å². The summed E-state index contributed by atoms with van der Waals surface area (Å²) >= 11 is 0. The Morgan fingerprint density at radius 1 is 1.12 bits per heavy atom. The van der Waals surface area contributed by atoms with Crippen molar-refractivity contribution in [3.05, 3.63) is 11.6 Å². The Balaban J connectivity index is 2.08. The van der Waals surface area contributed by atoms with Gasteiger partial charge in [-0.2, -0.15) is 0 Å². The van der Waals surface area contributed by atoms with Gasteiger partial charge in [0.1, 0.15) is 0 Å². The van der Waals surface area contributed by atoms with E-state index < -0.39 is 0 Å². The first kappa shape index (κ1) is 19.0. The van der Waals surface area contributed by atoms with Crippen molar-refractivity contribution in [2.45, 2.75) is 98.5 Å². The lowest BCUT2D eigenvalue weighted by molar-refractivity contribution is -0.177. The van der Waals surface area contributed by atoms with E-state index in [1.807, 2.05) is 7.11 Å². The van der Waals surface area contributed by atoms with Crippen molar-refractivity contribution < 1.29 is 4.74 Å². The molecule has 2 fully saturated rings. The van der Waals surface area contributed by atoms with Crippen molar-refractivity contribution >= 4 is 0 Å². The van der Waals surface area contributed by atoms with Crippen molar-refractivity contribution in [3.8, 4) is 11.8 Å². The Hall–Kier alpha value is -0.740. The number of fused-ring (bicyclic) bond motifs is 3. The second-order valence-corrected chi connectivity index (χ2v) is 9.79. The first-order valence-electron chi connectivity index (χ1n) is 10.5. The fourth-order valence-electron chi connectivity index (χ4n) is 6.57. The molecule has 0 aromatic rings. The summed E-state index contributed by atoms with van der Waals surface area (Å²) in [6.45, 7) is 12.3. The summed E-state index contributed by atoms with van der Waals surface area (Å²) in [6.07, 6.45) is 13.9. The predicted molar refractivity (Wildman–Crippen MR) is 106 cm³/mol. The number of rotatable bonds is 2. The maximum atomic E-state index is 5.96. The number of unbranched alkanes of at least 4 members (excludes halogenated alkanes) is 1. The third kappa shape index (κ3) is 2.55. The molecule has 1 heteroatoms. The van der Waals surface area contributed by atoms with Crippen LogP contribution < -0.4 is 0 Å². The Kier molecular flexibility index (Phi) is 4.91. The second kappa shape index (κ2) is 6.45. The molecule has 3 rings (SSSR count). The minimum absolute atomic E-state index is 0.164. The molecule has 0 aromatic carbocycles. The van der Waals surface area contributed by atoms with Gasteiger partial charge in [-0.3, -0.25) is 0 Å². The Bertz CT molecular complexity index is 603. The molecular weight excluding hydrogens is 304 g/mol. The highest BCUT2D eigenvalue weighted by Gasteiger charge is 2.65. The number of ether oxygens (including phenoxy) is 1. The molecule has 0 spiro atoms. The second-order valence-electron chi connectivity index (χ2n) is 9.79. The van der Waals surface area contributed by atoms with E-state index in [0.717, 1.165) is 6.42 Å². The first-order valence-corrected chi connectivity index (χ1v) is 10.5. The third-order valence-electron chi connectivity index (χ3n) is 8.66. The van der Waals surface area contributed by atoms with E-state index in [9.17, 15) is 0 Å². The lowest BCUT2D eigenvalue weighted by atomic mass is 9.37. The summed E-state index contributed by atoms with van der Waals surface area (Å²) < 4.78 is 5.96. The van der Waals surface area contributed by atoms with Crippen molar-refractivity contribution in [1.82, 2.24) is 0 Å². The number of methoxy groups -OCH3 is 1. The molecule has 0 saturated heterocycles. The van der Waals surface area contributed by atoms with Gasteiger partial charge in [0.25, 0.3) is 0 Å². The normalized spacial score (nSPS) is 42.5. The van der Waals surface area contributed by atoms with Gasteiger partial charge in [0.15, 0.2) is 0 Å². The summed E-state index contributed by atoms with van der Waals surface area (Å²) in [5, 5.41) is 0. The maximum absolute atomic E-state index is 5.96. The molecule has 0 heterocycles. The van der Waals surface area contributed by atoms with Gasteiger partial charge in [0.2, 0.25) is 0 Å². The zero-order valence-corrected chi connectivity index (χ0v) is 17.4. The molecule has 4 atom stereocenters. The Labute approximate surface area is 156 Å². The van der Waals surface area contributed by atoms with Crippen molar-refractivity contribution in [3.63, 3.8) is 0 Å². The van der Waals surface area contributed by atoms with Gasteiger partial charge in [-0.25, -0.2) is 0 Å². The molecule has 140 valence electrons. The molecule has 0 aromatic heterocycles. The number of hydrogen-bond acceptors (Lipinski definition) is 1. The molecule has 3 aliphatic carbocycles. The summed E-state index contributed by atoms with van der Waals surface area (Å²) in [4.78, 5) is 0. The fourth-order valence-corrected chi connectivity index (χ4v) is 6.57. The molecule has 1 nitrogen and oxygen atoms in total. The van der Waals surface area contributed by atoms with Crippen molar-refractivity contribution in [2.75, 3.05) is 7.11 Å². The van der Waals surface area contributed by atoms with Crippen LogP contribution in [0.1, 0.15) is 92.4 Å². The molecule has 0 bridgehead atoms. The van der Waals surface area contributed by atoms with Crippen molar-refractivity contribution in [1.29, 1.82) is 0 Å². The topological polar surface area (TPSA) is 9.23 Å². The number of hydrogen-bond donors (Lipinski definition) is 0. The zero-order valence-electron chi connectivity index (χ0n) is 17.4. The van der Waals surface area contributed by atoms with Gasteiger partial charge in [-0.15, -0.1) is 5.92 Å². The van der Waals surface area contributed by atoms with Crippen LogP contribution in [0.2, 0.25) is 0 Å². The van der Waals surface area contributed by atoms with E-state index in [1.165, 1.54) is 51.4 Å². The van der Waals surface area contributed by atoms with Crippen LogP contribution in [-0.2, 0) is 4.74 Å². The van der Waals surface area contributed by atoms with Crippen LogP contribution in [0, 0.1) is 33.5 Å². The smallest absolute Gasteiger partial charge is 0.0628 e. The largest absolute Gasteiger partial charge is 0.381 e. The van der Waals surface area contributed by atoms with Crippen LogP contribution in [0.25, 0.3) is 0 Å². The predicted octanol–water partition coefficient (Wildman–Crippen LogP) is 6.53. The van der Waals surface area contributed by atoms with Gasteiger partial charge in [-0.1, -0.05) is 46.6 Å². The van der Waals surface area contributed by atoms with E-state index >= 15 is 0 Å². The monoisotopic (exact) mass is 342 g/mol. The highest BCUT2D eigenvalue weighted by atomic mass is 16.5. The van der Waals surface area contributed by atoms with Crippen LogP contribution in [0.15, 0.2) is 11.6 Å². The van der Waals surface area contributed by atoms with Gasteiger partial charge in [0, 0.05) is 13.5 Å². The molecule has 0 amide bonds. The zero-order chi connectivity index (χ0) is 18.3. The van der Waals surface area contributed by atoms with Crippen LogP contribution in [0.3, 0.4) is 0 Å². The van der Waals surface area contributed by atoms with E-state index in [2.05, 4.69) is 52.5 Å². The summed E-state index contributed by atoms with van der Waals surface area (Å²) in [5.74, 6) is 7.36. The standard InChI is InChI=1S/C24H38O/c1-7-8-10-14-24-15-11-9-12-19(24)22(4)16-13-20(25-6)21(2,3)23(22,5)17-18-24/h12,20H,7-9,11,13,15-18H2,1-6H3. The third-order valence-corrected chi connectivity index (χ3v) is 8.66. The number of allylic oxidation sites excluding steroid dienone is 2. The Morgan fingerprint density at radius 2 is 1.88 bits per heavy atom. The van der Waals surface area contributed by atoms with Crippen LogP contribution in [-0.4, -0.2) is 13.2 Å². The van der Waals surface area contributed by atoms with Crippen LogP contribution in [0.5, 0.6) is 0 Å². The molecule has 0 N–H and O–H groups in total. The van der Waals surface area contributed by atoms with Gasteiger partial charge in [0.05, 0.1) is 11.5 Å². The van der Waals surface area contributed by atoms with Gasteiger partial charge >= 0.3 is 0 Å².